The quantitative estimate of drug-likeness (QED) is 0.852. The van der Waals surface area contributed by atoms with Gasteiger partial charge in [0.25, 0.3) is 5.91 Å². The standard InChI is InChI=1S/C13H16BrFN2O3S/c1-2-5-17(8-3-4-8)13(18)9-6-12(21(16,19)20)11(15)7-10(9)14/h6-8H,2-5H2,1H3,(H2,16,19,20). The van der Waals surface area contributed by atoms with Crippen LogP contribution in [0.1, 0.15) is 36.5 Å². The molecule has 8 heteroatoms. The zero-order valence-corrected chi connectivity index (χ0v) is 13.9. The van der Waals surface area contributed by atoms with Gasteiger partial charge in [-0.1, -0.05) is 6.92 Å². The van der Waals surface area contributed by atoms with E-state index in [1.807, 2.05) is 6.92 Å². The summed E-state index contributed by atoms with van der Waals surface area (Å²) < 4.78 is 36.7. The number of benzene rings is 1. The van der Waals surface area contributed by atoms with E-state index < -0.39 is 20.7 Å². The van der Waals surface area contributed by atoms with Crippen molar-refractivity contribution in [3.05, 3.63) is 28.0 Å². The molecule has 1 saturated carbocycles. The first kappa shape index (κ1) is 16.4. The lowest BCUT2D eigenvalue weighted by molar-refractivity contribution is 0.0742. The molecule has 116 valence electrons. The Morgan fingerprint density at radius 2 is 2.10 bits per heavy atom. The van der Waals surface area contributed by atoms with Crippen molar-refractivity contribution in [2.24, 2.45) is 5.14 Å². The monoisotopic (exact) mass is 378 g/mol. The Morgan fingerprint density at radius 3 is 2.57 bits per heavy atom. The summed E-state index contributed by atoms with van der Waals surface area (Å²) in [4.78, 5) is 13.6. The third kappa shape index (κ3) is 3.61. The number of sulfonamides is 1. The number of hydrogen-bond acceptors (Lipinski definition) is 3. The molecule has 0 aliphatic heterocycles. The summed E-state index contributed by atoms with van der Waals surface area (Å²) in [5, 5.41) is 4.98. The number of amides is 1. The van der Waals surface area contributed by atoms with Gasteiger partial charge < -0.3 is 4.90 Å². The topological polar surface area (TPSA) is 80.5 Å². The Hall–Kier alpha value is -0.990. The highest BCUT2D eigenvalue weighted by Crippen LogP contribution is 2.31. The highest BCUT2D eigenvalue weighted by atomic mass is 79.9. The first-order valence-corrected chi connectivity index (χ1v) is 8.92. The van der Waals surface area contributed by atoms with Crippen molar-refractivity contribution in [2.45, 2.75) is 37.1 Å². The molecule has 1 amide bonds. The van der Waals surface area contributed by atoms with Gasteiger partial charge in [0, 0.05) is 17.1 Å². The van der Waals surface area contributed by atoms with E-state index in [4.69, 9.17) is 5.14 Å². The Balaban J connectivity index is 2.45. The fourth-order valence-corrected chi connectivity index (χ4v) is 3.24. The largest absolute Gasteiger partial charge is 0.336 e. The Labute approximate surface area is 131 Å². The number of halogens is 2. The molecule has 0 aromatic heterocycles. The molecule has 0 spiro atoms. The van der Waals surface area contributed by atoms with Gasteiger partial charge in [-0.05, 0) is 47.3 Å². The fraction of sp³-hybridized carbons (Fsp3) is 0.462. The number of nitrogens with zero attached hydrogens (tertiary/aromatic N) is 1. The van der Waals surface area contributed by atoms with Gasteiger partial charge in [0.1, 0.15) is 10.7 Å². The van der Waals surface area contributed by atoms with Gasteiger partial charge in [-0.2, -0.15) is 0 Å². The van der Waals surface area contributed by atoms with E-state index >= 15 is 0 Å². The van der Waals surface area contributed by atoms with E-state index in [0.29, 0.717) is 6.54 Å². The normalized spacial score (nSPS) is 15.0. The SMILES string of the molecule is CCCN(C(=O)c1cc(S(N)(=O)=O)c(F)cc1Br)C1CC1. The maximum Gasteiger partial charge on any atom is 0.255 e. The highest BCUT2D eigenvalue weighted by Gasteiger charge is 2.33. The average molecular weight is 379 g/mol. The smallest absolute Gasteiger partial charge is 0.255 e. The van der Waals surface area contributed by atoms with Crippen LogP contribution in [0.3, 0.4) is 0 Å². The van der Waals surface area contributed by atoms with Crippen LogP contribution in [0.4, 0.5) is 4.39 Å². The molecule has 0 unspecified atom stereocenters. The van der Waals surface area contributed by atoms with Gasteiger partial charge in [-0.25, -0.2) is 17.9 Å². The molecule has 0 bridgehead atoms. The van der Waals surface area contributed by atoms with Crippen LogP contribution in [-0.4, -0.2) is 31.8 Å². The van der Waals surface area contributed by atoms with Gasteiger partial charge in [0.15, 0.2) is 0 Å². The molecule has 1 fully saturated rings. The zero-order chi connectivity index (χ0) is 15.8. The van der Waals surface area contributed by atoms with Gasteiger partial charge >= 0.3 is 0 Å². The molecule has 1 aromatic rings. The van der Waals surface area contributed by atoms with Crippen LogP contribution in [0.15, 0.2) is 21.5 Å². The predicted octanol–water partition coefficient (Wildman–Crippen LogP) is 2.25. The second-order valence-corrected chi connectivity index (χ2v) is 7.42. The van der Waals surface area contributed by atoms with Crippen LogP contribution in [0.5, 0.6) is 0 Å². The summed E-state index contributed by atoms with van der Waals surface area (Å²) in [6.45, 7) is 2.54. The summed E-state index contributed by atoms with van der Waals surface area (Å²) in [5.74, 6) is -1.29. The average Bonchev–Trinajstić information content (AvgIpc) is 3.17. The second-order valence-electron chi connectivity index (χ2n) is 5.04. The molecule has 0 heterocycles. The summed E-state index contributed by atoms with van der Waals surface area (Å²) >= 11 is 3.11. The molecule has 1 aliphatic rings. The number of hydrogen-bond donors (Lipinski definition) is 1. The highest BCUT2D eigenvalue weighted by molar-refractivity contribution is 9.10. The van der Waals surface area contributed by atoms with Crippen molar-refractivity contribution < 1.29 is 17.6 Å². The van der Waals surface area contributed by atoms with Crippen molar-refractivity contribution in [3.8, 4) is 0 Å². The molecule has 1 aliphatic carbocycles. The van der Waals surface area contributed by atoms with E-state index in [0.717, 1.165) is 31.4 Å². The Bertz CT molecular complexity index is 674. The minimum absolute atomic E-state index is 0.112. The van der Waals surface area contributed by atoms with Gasteiger partial charge in [-0.15, -0.1) is 0 Å². The fourth-order valence-electron chi connectivity index (χ4n) is 2.14. The predicted molar refractivity (Wildman–Crippen MR) is 79.8 cm³/mol. The third-order valence-electron chi connectivity index (χ3n) is 3.27. The van der Waals surface area contributed by atoms with Crippen LogP contribution >= 0.6 is 15.9 Å². The number of nitrogens with two attached hydrogens (primary N) is 1. The summed E-state index contributed by atoms with van der Waals surface area (Å²) in [7, 11) is -4.22. The number of carbonyl (C=O) groups is 1. The maximum atomic E-state index is 13.7. The molecule has 2 rings (SSSR count). The van der Waals surface area contributed by atoms with Crippen molar-refractivity contribution in [2.75, 3.05) is 6.54 Å². The summed E-state index contributed by atoms with van der Waals surface area (Å²) in [6.07, 6.45) is 2.67. The van der Waals surface area contributed by atoms with Crippen molar-refractivity contribution in [1.82, 2.24) is 4.90 Å². The van der Waals surface area contributed by atoms with Crippen LogP contribution < -0.4 is 5.14 Å². The summed E-state index contributed by atoms with van der Waals surface area (Å²) in [5.41, 5.74) is 0.112. The molecule has 0 radical (unpaired) electrons. The molecular formula is C13H16BrFN2O3S. The first-order chi connectivity index (χ1) is 9.75. The van der Waals surface area contributed by atoms with Crippen molar-refractivity contribution in [3.63, 3.8) is 0 Å². The Kier molecular flexibility index (Phi) is 4.69. The molecule has 0 saturated heterocycles. The maximum absolute atomic E-state index is 13.7. The minimum Gasteiger partial charge on any atom is -0.336 e. The van der Waals surface area contributed by atoms with Gasteiger partial charge in [0.05, 0.1) is 5.56 Å². The van der Waals surface area contributed by atoms with Crippen LogP contribution in [0.25, 0.3) is 0 Å². The second kappa shape index (κ2) is 6.02. The molecular weight excluding hydrogens is 363 g/mol. The number of primary sulfonamides is 1. The van der Waals surface area contributed by atoms with Crippen molar-refractivity contribution >= 4 is 31.9 Å². The number of rotatable bonds is 5. The van der Waals surface area contributed by atoms with Gasteiger partial charge in [0.2, 0.25) is 10.0 Å². The lowest BCUT2D eigenvalue weighted by Gasteiger charge is -2.22. The Morgan fingerprint density at radius 1 is 1.48 bits per heavy atom. The molecule has 2 N–H and O–H groups in total. The van der Waals surface area contributed by atoms with Crippen LogP contribution in [0, 0.1) is 5.82 Å². The van der Waals surface area contributed by atoms with Gasteiger partial charge in [-0.3, -0.25) is 4.79 Å². The summed E-state index contributed by atoms with van der Waals surface area (Å²) in [6, 6.07) is 2.15. The van der Waals surface area contributed by atoms with E-state index in [1.54, 1.807) is 4.90 Å². The zero-order valence-electron chi connectivity index (χ0n) is 11.5. The lowest BCUT2D eigenvalue weighted by atomic mass is 10.2. The third-order valence-corrected chi connectivity index (χ3v) is 4.85. The van der Waals surface area contributed by atoms with E-state index in [-0.39, 0.29) is 22.0 Å². The lowest BCUT2D eigenvalue weighted by Crippen LogP contribution is -2.34. The molecule has 0 atom stereocenters. The van der Waals surface area contributed by atoms with Crippen molar-refractivity contribution in [1.29, 1.82) is 0 Å². The van der Waals surface area contributed by atoms with E-state index in [9.17, 15) is 17.6 Å². The first-order valence-electron chi connectivity index (χ1n) is 6.58. The van der Waals surface area contributed by atoms with Crippen LogP contribution in [0.2, 0.25) is 0 Å². The van der Waals surface area contributed by atoms with Crippen LogP contribution in [-0.2, 0) is 10.0 Å². The van der Waals surface area contributed by atoms with E-state index in [2.05, 4.69) is 15.9 Å². The number of carbonyl (C=O) groups excluding carboxylic acids is 1. The van der Waals surface area contributed by atoms with E-state index in [1.165, 1.54) is 0 Å². The molecule has 21 heavy (non-hydrogen) atoms. The minimum atomic E-state index is -4.22. The molecule has 5 nitrogen and oxygen atoms in total. The molecule has 1 aromatic carbocycles.